The molecule has 1 aromatic carbocycles. The number of anilines is 1. The van der Waals surface area contributed by atoms with Gasteiger partial charge in [0.2, 0.25) is 0 Å². The van der Waals surface area contributed by atoms with Gasteiger partial charge in [0.05, 0.1) is 6.61 Å². The molecule has 2 heteroatoms. The van der Waals surface area contributed by atoms with Crippen LogP contribution in [0.3, 0.4) is 0 Å². The van der Waals surface area contributed by atoms with Crippen molar-refractivity contribution in [2.24, 2.45) is 5.92 Å². The molecular formula is C17H27NO. The van der Waals surface area contributed by atoms with E-state index in [1.54, 1.807) is 0 Å². The Bertz CT molecular complexity index is 350. The second-order valence-corrected chi connectivity index (χ2v) is 5.54. The van der Waals surface area contributed by atoms with Crippen LogP contribution in [-0.4, -0.2) is 19.7 Å². The minimum absolute atomic E-state index is 0.682. The number of piperidine rings is 1. The van der Waals surface area contributed by atoms with Gasteiger partial charge < -0.3 is 9.64 Å². The summed E-state index contributed by atoms with van der Waals surface area (Å²) in [4.78, 5) is 2.48. The summed E-state index contributed by atoms with van der Waals surface area (Å²) in [6.07, 6.45) is 6.43. The fraction of sp³-hybridized carbons (Fsp3) is 0.647. The summed E-state index contributed by atoms with van der Waals surface area (Å²) in [5, 5.41) is 0. The summed E-state index contributed by atoms with van der Waals surface area (Å²) < 4.78 is 5.87. The van der Waals surface area contributed by atoms with Crippen molar-refractivity contribution in [1.29, 1.82) is 0 Å². The average Bonchev–Trinajstić information content (AvgIpc) is 2.50. The van der Waals surface area contributed by atoms with Crippen molar-refractivity contribution >= 4 is 5.69 Å². The lowest BCUT2D eigenvalue weighted by Gasteiger charge is -2.28. The molecule has 1 fully saturated rings. The first-order valence-corrected chi connectivity index (χ1v) is 7.81. The second kappa shape index (κ2) is 7.42. The lowest BCUT2D eigenvalue weighted by molar-refractivity contribution is 0.240. The Kier molecular flexibility index (Phi) is 5.56. The van der Waals surface area contributed by atoms with Crippen LogP contribution < -0.4 is 9.64 Å². The summed E-state index contributed by atoms with van der Waals surface area (Å²) >= 11 is 0. The standard InChI is InChI=1S/C17H27NO/c1-3-15(4-2)14-19-17-10-8-16(9-11-17)18-12-6-5-7-13-18/h8-11,15H,3-7,12-14H2,1-2H3. The highest BCUT2D eigenvalue weighted by Crippen LogP contribution is 2.23. The molecule has 1 heterocycles. The van der Waals surface area contributed by atoms with Crippen LogP contribution in [0.2, 0.25) is 0 Å². The van der Waals surface area contributed by atoms with Gasteiger partial charge in [-0.3, -0.25) is 0 Å². The van der Waals surface area contributed by atoms with E-state index in [0.717, 1.165) is 12.4 Å². The Hall–Kier alpha value is -1.18. The van der Waals surface area contributed by atoms with Crippen molar-refractivity contribution in [3.8, 4) is 5.75 Å². The van der Waals surface area contributed by atoms with Crippen LogP contribution in [0.25, 0.3) is 0 Å². The van der Waals surface area contributed by atoms with E-state index >= 15 is 0 Å². The minimum atomic E-state index is 0.682. The molecule has 19 heavy (non-hydrogen) atoms. The molecular weight excluding hydrogens is 234 g/mol. The molecule has 1 aromatic rings. The van der Waals surface area contributed by atoms with Crippen molar-refractivity contribution < 1.29 is 4.74 Å². The highest BCUT2D eigenvalue weighted by atomic mass is 16.5. The molecule has 106 valence electrons. The van der Waals surface area contributed by atoms with E-state index in [0.29, 0.717) is 5.92 Å². The SMILES string of the molecule is CCC(CC)COc1ccc(N2CCCCC2)cc1. The van der Waals surface area contributed by atoms with E-state index in [1.165, 1.54) is 50.9 Å². The first-order chi connectivity index (χ1) is 9.33. The maximum atomic E-state index is 5.87. The van der Waals surface area contributed by atoms with Gasteiger partial charge in [-0.2, -0.15) is 0 Å². The maximum absolute atomic E-state index is 5.87. The molecule has 1 aliphatic heterocycles. The molecule has 0 spiro atoms. The zero-order valence-electron chi connectivity index (χ0n) is 12.4. The van der Waals surface area contributed by atoms with E-state index in [2.05, 4.69) is 43.0 Å². The molecule has 0 aliphatic carbocycles. The molecule has 0 aromatic heterocycles. The quantitative estimate of drug-likeness (QED) is 0.748. The van der Waals surface area contributed by atoms with Gasteiger partial charge in [0.25, 0.3) is 0 Å². The minimum Gasteiger partial charge on any atom is -0.493 e. The average molecular weight is 261 g/mol. The third-order valence-electron chi connectivity index (χ3n) is 4.20. The van der Waals surface area contributed by atoms with E-state index in [4.69, 9.17) is 4.74 Å². The molecule has 0 N–H and O–H groups in total. The lowest BCUT2D eigenvalue weighted by Crippen LogP contribution is -2.29. The molecule has 0 saturated carbocycles. The number of nitrogens with zero attached hydrogens (tertiary/aromatic N) is 1. The zero-order valence-corrected chi connectivity index (χ0v) is 12.4. The van der Waals surface area contributed by atoms with Crippen LogP contribution >= 0.6 is 0 Å². The molecule has 1 saturated heterocycles. The highest BCUT2D eigenvalue weighted by Gasteiger charge is 2.11. The molecule has 0 unspecified atom stereocenters. The molecule has 1 aliphatic rings. The van der Waals surface area contributed by atoms with Crippen molar-refractivity contribution in [2.45, 2.75) is 46.0 Å². The third-order valence-corrected chi connectivity index (χ3v) is 4.20. The summed E-state index contributed by atoms with van der Waals surface area (Å²) in [6, 6.07) is 8.64. The first-order valence-electron chi connectivity index (χ1n) is 7.81. The number of ether oxygens (including phenoxy) is 1. The highest BCUT2D eigenvalue weighted by molar-refractivity contribution is 5.49. The number of hydrogen-bond donors (Lipinski definition) is 0. The van der Waals surface area contributed by atoms with E-state index in [1.807, 2.05) is 0 Å². The van der Waals surface area contributed by atoms with Gasteiger partial charge in [0.1, 0.15) is 5.75 Å². The summed E-state index contributed by atoms with van der Waals surface area (Å²) in [6.45, 7) is 7.71. The van der Waals surface area contributed by atoms with Crippen LogP contribution in [0.15, 0.2) is 24.3 Å². The van der Waals surface area contributed by atoms with Crippen LogP contribution in [-0.2, 0) is 0 Å². The smallest absolute Gasteiger partial charge is 0.119 e. The summed E-state index contributed by atoms with van der Waals surface area (Å²) in [5.74, 6) is 1.69. The van der Waals surface area contributed by atoms with Crippen molar-refractivity contribution in [1.82, 2.24) is 0 Å². The fourth-order valence-electron chi connectivity index (χ4n) is 2.64. The number of benzene rings is 1. The van der Waals surface area contributed by atoms with Crippen LogP contribution in [0, 0.1) is 5.92 Å². The summed E-state index contributed by atoms with van der Waals surface area (Å²) in [5.41, 5.74) is 1.34. The Morgan fingerprint density at radius 3 is 2.21 bits per heavy atom. The fourth-order valence-corrected chi connectivity index (χ4v) is 2.64. The normalized spacial score (nSPS) is 15.8. The third kappa shape index (κ3) is 4.15. The Morgan fingerprint density at radius 1 is 1.00 bits per heavy atom. The molecule has 0 bridgehead atoms. The monoisotopic (exact) mass is 261 g/mol. The van der Waals surface area contributed by atoms with E-state index in [9.17, 15) is 0 Å². The summed E-state index contributed by atoms with van der Waals surface area (Å²) in [7, 11) is 0. The van der Waals surface area contributed by atoms with Crippen LogP contribution in [0.1, 0.15) is 46.0 Å². The van der Waals surface area contributed by atoms with Gasteiger partial charge in [-0.05, 0) is 49.4 Å². The van der Waals surface area contributed by atoms with Gasteiger partial charge in [0.15, 0.2) is 0 Å². The number of hydrogen-bond acceptors (Lipinski definition) is 2. The van der Waals surface area contributed by atoms with Crippen molar-refractivity contribution in [3.05, 3.63) is 24.3 Å². The van der Waals surface area contributed by atoms with Crippen LogP contribution in [0.4, 0.5) is 5.69 Å². The molecule has 2 rings (SSSR count). The van der Waals surface area contributed by atoms with Gasteiger partial charge in [0, 0.05) is 18.8 Å². The van der Waals surface area contributed by atoms with Gasteiger partial charge in [-0.15, -0.1) is 0 Å². The first kappa shape index (κ1) is 14.2. The predicted octanol–water partition coefficient (Wildman–Crippen LogP) is 4.49. The molecule has 0 atom stereocenters. The zero-order chi connectivity index (χ0) is 13.5. The van der Waals surface area contributed by atoms with Gasteiger partial charge in [-0.1, -0.05) is 26.7 Å². The van der Waals surface area contributed by atoms with Crippen molar-refractivity contribution in [2.75, 3.05) is 24.6 Å². The largest absolute Gasteiger partial charge is 0.493 e. The van der Waals surface area contributed by atoms with E-state index < -0.39 is 0 Å². The van der Waals surface area contributed by atoms with Gasteiger partial charge >= 0.3 is 0 Å². The Balaban J connectivity index is 1.87. The van der Waals surface area contributed by atoms with Crippen molar-refractivity contribution in [3.63, 3.8) is 0 Å². The second-order valence-electron chi connectivity index (χ2n) is 5.54. The van der Waals surface area contributed by atoms with Crippen LogP contribution in [0.5, 0.6) is 5.75 Å². The lowest BCUT2D eigenvalue weighted by atomic mass is 10.1. The van der Waals surface area contributed by atoms with Gasteiger partial charge in [-0.25, -0.2) is 0 Å². The molecule has 0 amide bonds. The number of rotatable bonds is 6. The molecule has 0 radical (unpaired) electrons. The predicted molar refractivity (Wildman–Crippen MR) is 82.1 cm³/mol. The molecule has 2 nitrogen and oxygen atoms in total. The maximum Gasteiger partial charge on any atom is 0.119 e. The topological polar surface area (TPSA) is 12.5 Å². The Morgan fingerprint density at radius 2 is 1.63 bits per heavy atom. The van der Waals surface area contributed by atoms with E-state index in [-0.39, 0.29) is 0 Å². The Labute approximate surface area is 117 Å².